The number of nitriles is 1. The molecule has 1 atom stereocenters. The number of amides is 1. The Morgan fingerprint density at radius 2 is 2.58 bits per heavy atom. The zero-order valence-corrected chi connectivity index (χ0v) is 6.56. The minimum absolute atomic E-state index is 0.250. The van der Waals surface area contributed by atoms with Crippen LogP contribution in [0.1, 0.15) is 6.42 Å². The molecule has 66 valence electrons. The van der Waals surface area contributed by atoms with E-state index in [4.69, 9.17) is 15.1 Å². The average molecular weight is 170 g/mol. The number of nitrogens with zero attached hydrogens (tertiary/aromatic N) is 2. The second kappa shape index (κ2) is 3.93. The number of hydrogen-bond donors (Lipinski definition) is 1. The fourth-order valence-corrected chi connectivity index (χ4v) is 1.12. The van der Waals surface area contributed by atoms with Crippen LogP contribution in [0.25, 0.3) is 0 Å². The molecule has 0 aromatic rings. The topological polar surface area (TPSA) is 73.6 Å². The van der Waals surface area contributed by atoms with E-state index in [9.17, 15) is 4.79 Å². The van der Waals surface area contributed by atoms with Gasteiger partial charge < -0.3 is 14.7 Å². The van der Waals surface area contributed by atoms with E-state index >= 15 is 0 Å². The number of hydrogen-bond acceptors (Lipinski definition) is 3. The third-order valence-corrected chi connectivity index (χ3v) is 1.73. The highest BCUT2D eigenvalue weighted by atomic mass is 16.5. The van der Waals surface area contributed by atoms with E-state index in [-0.39, 0.29) is 12.5 Å². The molecule has 5 nitrogen and oxygen atoms in total. The average Bonchev–Trinajstić information content (AvgIpc) is 2.05. The lowest BCUT2D eigenvalue weighted by Crippen LogP contribution is -2.44. The first-order valence-corrected chi connectivity index (χ1v) is 3.70. The summed E-state index contributed by atoms with van der Waals surface area (Å²) in [7, 11) is 0. The van der Waals surface area contributed by atoms with Gasteiger partial charge in [-0.3, -0.25) is 0 Å². The fourth-order valence-electron chi connectivity index (χ4n) is 1.12. The molecule has 1 saturated heterocycles. The Hall–Kier alpha value is -1.28. The van der Waals surface area contributed by atoms with Crippen LogP contribution < -0.4 is 0 Å². The Labute approximate surface area is 70.1 Å². The molecule has 1 N–H and O–H groups in total. The van der Waals surface area contributed by atoms with Gasteiger partial charge in [-0.1, -0.05) is 0 Å². The Bertz CT molecular complexity index is 211. The summed E-state index contributed by atoms with van der Waals surface area (Å²) >= 11 is 0. The van der Waals surface area contributed by atoms with Gasteiger partial charge in [0.15, 0.2) is 0 Å². The van der Waals surface area contributed by atoms with Crippen LogP contribution in [0.15, 0.2) is 0 Å². The Balaban J connectivity index is 2.41. The summed E-state index contributed by atoms with van der Waals surface area (Å²) in [4.78, 5) is 11.8. The Morgan fingerprint density at radius 3 is 3.17 bits per heavy atom. The molecule has 0 aromatic heterocycles. The maximum Gasteiger partial charge on any atom is 0.407 e. The van der Waals surface area contributed by atoms with E-state index in [1.54, 1.807) is 0 Å². The van der Waals surface area contributed by atoms with Gasteiger partial charge in [-0.25, -0.2) is 4.79 Å². The summed E-state index contributed by atoms with van der Waals surface area (Å²) in [5.74, 6) is 0. The summed E-state index contributed by atoms with van der Waals surface area (Å²) in [5, 5.41) is 17.0. The third-order valence-electron chi connectivity index (χ3n) is 1.73. The molecule has 1 amide bonds. The molecular weight excluding hydrogens is 160 g/mol. The molecule has 1 aliphatic rings. The monoisotopic (exact) mass is 170 g/mol. The normalized spacial score (nSPS) is 23.2. The van der Waals surface area contributed by atoms with Gasteiger partial charge in [0.2, 0.25) is 0 Å². The van der Waals surface area contributed by atoms with Gasteiger partial charge >= 0.3 is 6.09 Å². The van der Waals surface area contributed by atoms with Crippen molar-refractivity contribution in [1.82, 2.24) is 4.90 Å². The molecule has 0 aliphatic carbocycles. The molecule has 1 unspecified atom stereocenters. The summed E-state index contributed by atoms with van der Waals surface area (Å²) in [5.41, 5.74) is 0. The number of rotatable bonds is 1. The van der Waals surface area contributed by atoms with E-state index in [0.29, 0.717) is 19.7 Å². The number of carboxylic acid groups (broad SMARTS) is 1. The molecule has 1 fully saturated rings. The fraction of sp³-hybridized carbons (Fsp3) is 0.714. The maximum absolute atomic E-state index is 10.5. The van der Waals surface area contributed by atoms with E-state index in [1.165, 1.54) is 4.90 Å². The molecule has 5 heteroatoms. The van der Waals surface area contributed by atoms with Gasteiger partial charge in [-0.15, -0.1) is 0 Å². The highest BCUT2D eigenvalue weighted by Crippen LogP contribution is 2.07. The van der Waals surface area contributed by atoms with Crippen LogP contribution in [0.4, 0.5) is 4.79 Å². The first-order valence-electron chi connectivity index (χ1n) is 3.70. The van der Waals surface area contributed by atoms with Gasteiger partial charge in [0.05, 0.1) is 31.7 Å². The van der Waals surface area contributed by atoms with Gasteiger partial charge in [0.25, 0.3) is 0 Å². The van der Waals surface area contributed by atoms with Crippen LogP contribution in [-0.2, 0) is 4.74 Å². The molecule has 0 spiro atoms. The van der Waals surface area contributed by atoms with Crippen LogP contribution in [0.3, 0.4) is 0 Å². The van der Waals surface area contributed by atoms with Gasteiger partial charge in [-0.2, -0.15) is 5.26 Å². The minimum Gasteiger partial charge on any atom is -0.465 e. The summed E-state index contributed by atoms with van der Waals surface area (Å²) in [6.07, 6.45) is -0.940. The quantitative estimate of drug-likeness (QED) is 0.613. The number of morpholine rings is 1. The molecule has 1 rings (SSSR count). The molecule has 12 heavy (non-hydrogen) atoms. The van der Waals surface area contributed by atoms with E-state index in [1.807, 2.05) is 6.07 Å². The van der Waals surface area contributed by atoms with Crippen molar-refractivity contribution in [2.75, 3.05) is 19.7 Å². The van der Waals surface area contributed by atoms with Crippen molar-refractivity contribution in [2.45, 2.75) is 12.5 Å². The van der Waals surface area contributed by atoms with Crippen molar-refractivity contribution in [3.63, 3.8) is 0 Å². The lowest BCUT2D eigenvalue weighted by molar-refractivity contribution is -0.0189. The number of ether oxygens (including phenoxy) is 1. The summed E-state index contributed by atoms with van der Waals surface area (Å²) in [6.45, 7) is 1.10. The summed E-state index contributed by atoms with van der Waals surface area (Å²) in [6, 6.07) is 1.95. The van der Waals surface area contributed by atoms with E-state index < -0.39 is 6.09 Å². The molecule has 1 aliphatic heterocycles. The van der Waals surface area contributed by atoms with Crippen molar-refractivity contribution in [3.8, 4) is 6.07 Å². The highest BCUT2D eigenvalue weighted by Gasteiger charge is 2.23. The van der Waals surface area contributed by atoms with Crippen LogP contribution >= 0.6 is 0 Å². The molecule has 0 saturated carbocycles. The van der Waals surface area contributed by atoms with Crippen LogP contribution in [-0.4, -0.2) is 41.9 Å². The van der Waals surface area contributed by atoms with Crippen molar-refractivity contribution < 1.29 is 14.6 Å². The highest BCUT2D eigenvalue weighted by molar-refractivity contribution is 5.65. The minimum atomic E-state index is -0.943. The molecule has 0 radical (unpaired) electrons. The second-order valence-electron chi connectivity index (χ2n) is 2.58. The zero-order valence-electron chi connectivity index (χ0n) is 6.56. The van der Waals surface area contributed by atoms with Gasteiger partial charge in [0, 0.05) is 6.54 Å². The lowest BCUT2D eigenvalue weighted by atomic mass is 10.2. The standard InChI is InChI=1S/C7H10N2O3/c8-2-1-6-5-9(7(10)11)3-4-12-6/h6H,1,3-5H2,(H,10,11). The smallest absolute Gasteiger partial charge is 0.407 e. The van der Waals surface area contributed by atoms with Crippen LogP contribution in [0, 0.1) is 11.3 Å². The predicted octanol–water partition coefficient (Wildman–Crippen LogP) is 0.279. The lowest BCUT2D eigenvalue weighted by Gasteiger charge is -2.29. The second-order valence-corrected chi connectivity index (χ2v) is 2.58. The molecule has 0 bridgehead atoms. The van der Waals surface area contributed by atoms with E-state index in [0.717, 1.165) is 0 Å². The van der Waals surface area contributed by atoms with Crippen LogP contribution in [0.5, 0.6) is 0 Å². The van der Waals surface area contributed by atoms with Crippen LogP contribution in [0.2, 0.25) is 0 Å². The SMILES string of the molecule is N#CCC1CN(C(=O)O)CCO1. The third kappa shape index (κ3) is 2.10. The molecule has 0 aromatic carbocycles. The first-order chi connectivity index (χ1) is 5.74. The molecule has 1 heterocycles. The van der Waals surface area contributed by atoms with Gasteiger partial charge in [-0.05, 0) is 0 Å². The van der Waals surface area contributed by atoms with Gasteiger partial charge in [0.1, 0.15) is 0 Å². The van der Waals surface area contributed by atoms with Crippen molar-refractivity contribution >= 4 is 6.09 Å². The Morgan fingerprint density at radius 1 is 1.83 bits per heavy atom. The number of carbonyl (C=O) groups is 1. The maximum atomic E-state index is 10.5. The molecular formula is C7H10N2O3. The van der Waals surface area contributed by atoms with Crippen molar-refractivity contribution in [3.05, 3.63) is 0 Å². The largest absolute Gasteiger partial charge is 0.465 e. The van der Waals surface area contributed by atoms with Crippen molar-refractivity contribution in [2.24, 2.45) is 0 Å². The van der Waals surface area contributed by atoms with E-state index in [2.05, 4.69) is 0 Å². The summed E-state index contributed by atoms with van der Waals surface area (Å²) < 4.78 is 5.17. The zero-order chi connectivity index (χ0) is 8.97. The predicted molar refractivity (Wildman–Crippen MR) is 39.6 cm³/mol. The Kier molecular flexibility index (Phi) is 2.88. The van der Waals surface area contributed by atoms with Crippen molar-refractivity contribution in [1.29, 1.82) is 5.26 Å². The first kappa shape index (κ1) is 8.81.